The molecule has 0 aliphatic carbocycles. The second-order valence-electron chi connectivity index (χ2n) is 6.33. The average molecular weight is 339 g/mol. The normalized spacial score (nSPS) is 13.6. The summed E-state index contributed by atoms with van der Waals surface area (Å²) in [6.07, 6.45) is 2.68. The molecule has 2 N–H and O–H groups in total. The van der Waals surface area contributed by atoms with Gasteiger partial charge in [0.2, 0.25) is 5.91 Å². The molecule has 0 saturated heterocycles. The zero-order chi connectivity index (χ0) is 18.0. The number of amides is 2. The van der Waals surface area contributed by atoms with Gasteiger partial charge in [-0.15, -0.1) is 0 Å². The number of nitrogens with one attached hydrogen (secondary N) is 2. The number of likely N-dealkylation sites (N-methyl/N-ethyl adjacent to an activating group) is 1. The fraction of sp³-hybridized carbons (Fsp3) is 0.316. The SMILES string of the molecule is CNC(=O)[C@@H](NC(=O)c1ccc(-c2ccc3c(c2)CC=N3)o1)C(C)C. The lowest BCUT2D eigenvalue weighted by Crippen LogP contribution is -2.48. The number of rotatable bonds is 5. The number of fused-ring (bicyclic) bond motifs is 1. The number of carbonyl (C=O) groups excluding carboxylic acids is 2. The average Bonchev–Trinajstić information content (AvgIpc) is 3.26. The van der Waals surface area contributed by atoms with Gasteiger partial charge in [0.1, 0.15) is 11.8 Å². The Morgan fingerprint density at radius 1 is 1.20 bits per heavy atom. The molecule has 1 aromatic carbocycles. The van der Waals surface area contributed by atoms with E-state index < -0.39 is 11.9 Å². The summed E-state index contributed by atoms with van der Waals surface area (Å²) in [6.45, 7) is 3.75. The highest BCUT2D eigenvalue weighted by Crippen LogP contribution is 2.30. The third-order valence-electron chi connectivity index (χ3n) is 4.22. The van der Waals surface area contributed by atoms with Crippen LogP contribution in [0.25, 0.3) is 11.3 Å². The Morgan fingerprint density at radius 3 is 2.72 bits per heavy atom. The van der Waals surface area contributed by atoms with Crippen LogP contribution < -0.4 is 10.6 Å². The van der Waals surface area contributed by atoms with E-state index in [1.807, 2.05) is 38.3 Å². The van der Waals surface area contributed by atoms with Crippen LogP contribution in [0.2, 0.25) is 0 Å². The first-order valence-corrected chi connectivity index (χ1v) is 8.27. The maximum Gasteiger partial charge on any atom is 0.287 e. The van der Waals surface area contributed by atoms with E-state index in [0.717, 1.165) is 23.2 Å². The van der Waals surface area contributed by atoms with Gasteiger partial charge in [-0.25, -0.2) is 0 Å². The number of benzene rings is 1. The molecule has 2 heterocycles. The van der Waals surface area contributed by atoms with E-state index in [1.165, 1.54) is 0 Å². The monoisotopic (exact) mass is 339 g/mol. The summed E-state index contributed by atoms with van der Waals surface area (Å²) in [5.74, 6) is 0.129. The molecule has 0 spiro atoms. The molecule has 25 heavy (non-hydrogen) atoms. The van der Waals surface area contributed by atoms with Crippen molar-refractivity contribution in [3.63, 3.8) is 0 Å². The molecule has 0 radical (unpaired) electrons. The Hall–Kier alpha value is -2.89. The molecule has 1 aliphatic heterocycles. The van der Waals surface area contributed by atoms with Crippen LogP contribution in [0.1, 0.15) is 30.0 Å². The summed E-state index contributed by atoms with van der Waals surface area (Å²) >= 11 is 0. The van der Waals surface area contributed by atoms with Crippen molar-refractivity contribution in [3.8, 4) is 11.3 Å². The zero-order valence-electron chi connectivity index (χ0n) is 14.5. The minimum atomic E-state index is -0.608. The van der Waals surface area contributed by atoms with Gasteiger partial charge in [0, 0.05) is 25.2 Å². The first-order valence-electron chi connectivity index (χ1n) is 8.27. The third kappa shape index (κ3) is 3.47. The fourth-order valence-electron chi connectivity index (χ4n) is 2.79. The largest absolute Gasteiger partial charge is 0.451 e. The molecule has 130 valence electrons. The predicted molar refractivity (Wildman–Crippen MR) is 96.2 cm³/mol. The molecule has 1 aromatic heterocycles. The van der Waals surface area contributed by atoms with Crippen LogP contribution >= 0.6 is 0 Å². The van der Waals surface area contributed by atoms with Gasteiger partial charge in [0.25, 0.3) is 5.91 Å². The highest BCUT2D eigenvalue weighted by atomic mass is 16.3. The van der Waals surface area contributed by atoms with Gasteiger partial charge in [-0.3, -0.25) is 14.6 Å². The maximum atomic E-state index is 12.4. The van der Waals surface area contributed by atoms with Crippen LogP contribution in [0.3, 0.4) is 0 Å². The molecular weight excluding hydrogens is 318 g/mol. The molecule has 3 rings (SSSR count). The van der Waals surface area contributed by atoms with Crippen LogP contribution in [-0.4, -0.2) is 31.1 Å². The summed E-state index contributed by atoms with van der Waals surface area (Å²) in [7, 11) is 1.55. The maximum absolute atomic E-state index is 12.4. The van der Waals surface area contributed by atoms with Crippen LogP contribution in [0, 0.1) is 5.92 Å². The number of carbonyl (C=O) groups is 2. The molecule has 6 nitrogen and oxygen atoms in total. The summed E-state index contributed by atoms with van der Waals surface area (Å²) in [5.41, 5.74) is 3.01. The lowest BCUT2D eigenvalue weighted by molar-refractivity contribution is -0.123. The van der Waals surface area contributed by atoms with Gasteiger partial charge in [0.05, 0.1) is 5.69 Å². The van der Waals surface area contributed by atoms with Crippen molar-refractivity contribution in [2.75, 3.05) is 7.05 Å². The molecule has 0 unspecified atom stereocenters. The van der Waals surface area contributed by atoms with Crippen LogP contribution in [0.5, 0.6) is 0 Å². The first kappa shape index (κ1) is 17.0. The van der Waals surface area contributed by atoms with Crippen molar-refractivity contribution in [2.24, 2.45) is 10.9 Å². The standard InChI is InChI=1S/C19H21N3O3/c1-11(2)17(19(24)20-3)22-18(23)16-7-6-15(25-16)13-4-5-14-12(10-13)8-9-21-14/h4-7,9-11,17H,8H2,1-3H3,(H,20,24)(H,22,23)/t17-/m0/s1. The highest BCUT2D eigenvalue weighted by molar-refractivity contribution is 5.96. The van der Waals surface area contributed by atoms with E-state index in [4.69, 9.17) is 4.42 Å². The van der Waals surface area contributed by atoms with Crippen LogP contribution in [0.15, 0.2) is 39.7 Å². The topological polar surface area (TPSA) is 83.7 Å². The van der Waals surface area contributed by atoms with Crippen molar-refractivity contribution in [2.45, 2.75) is 26.3 Å². The minimum absolute atomic E-state index is 0.0324. The van der Waals surface area contributed by atoms with Gasteiger partial charge < -0.3 is 15.1 Å². The van der Waals surface area contributed by atoms with Crippen molar-refractivity contribution in [1.29, 1.82) is 0 Å². The van der Waals surface area contributed by atoms with E-state index in [0.29, 0.717) is 5.76 Å². The quantitative estimate of drug-likeness (QED) is 0.878. The molecule has 0 bridgehead atoms. The Labute approximate surface area is 146 Å². The predicted octanol–water partition coefficient (Wildman–Crippen LogP) is 2.71. The molecule has 2 amide bonds. The van der Waals surface area contributed by atoms with E-state index in [9.17, 15) is 9.59 Å². The van der Waals surface area contributed by atoms with E-state index in [-0.39, 0.29) is 17.6 Å². The van der Waals surface area contributed by atoms with Gasteiger partial charge in [0.15, 0.2) is 5.76 Å². The molecular formula is C19H21N3O3. The molecule has 1 aliphatic rings. The molecule has 1 atom stereocenters. The number of hydrogen-bond acceptors (Lipinski definition) is 4. The van der Waals surface area contributed by atoms with Gasteiger partial charge in [-0.1, -0.05) is 13.8 Å². The summed E-state index contributed by atoms with van der Waals surface area (Å²) < 4.78 is 5.70. The molecule has 6 heteroatoms. The zero-order valence-corrected chi connectivity index (χ0v) is 14.5. The van der Waals surface area contributed by atoms with E-state index in [2.05, 4.69) is 15.6 Å². The van der Waals surface area contributed by atoms with Crippen LogP contribution in [-0.2, 0) is 11.2 Å². The summed E-state index contributed by atoms with van der Waals surface area (Å²) in [4.78, 5) is 28.6. The molecule has 2 aromatic rings. The van der Waals surface area contributed by atoms with E-state index in [1.54, 1.807) is 19.2 Å². The Bertz CT molecular complexity index is 836. The van der Waals surface area contributed by atoms with Gasteiger partial charge >= 0.3 is 0 Å². The number of hydrogen-bond donors (Lipinski definition) is 2. The molecule has 0 fully saturated rings. The number of nitrogens with zero attached hydrogens (tertiary/aromatic N) is 1. The highest BCUT2D eigenvalue weighted by Gasteiger charge is 2.25. The fourth-order valence-corrected chi connectivity index (χ4v) is 2.79. The third-order valence-corrected chi connectivity index (χ3v) is 4.22. The summed E-state index contributed by atoms with van der Waals surface area (Å²) in [6, 6.07) is 8.65. The Kier molecular flexibility index (Phi) is 4.70. The second-order valence-corrected chi connectivity index (χ2v) is 6.33. The smallest absolute Gasteiger partial charge is 0.287 e. The van der Waals surface area contributed by atoms with Crippen molar-refractivity contribution in [3.05, 3.63) is 41.7 Å². The van der Waals surface area contributed by atoms with Crippen molar-refractivity contribution < 1.29 is 14.0 Å². The number of furan rings is 1. The van der Waals surface area contributed by atoms with Crippen LogP contribution in [0.4, 0.5) is 5.69 Å². The Morgan fingerprint density at radius 2 is 2.00 bits per heavy atom. The number of aliphatic imine (C=N–C) groups is 1. The van der Waals surface area contributed by atoms with Gasteiger partial charge in [-0.05, 0) is 41.8 Å². The first-order chi connectivity index (χ1) is 12.0. The minimum Gasteiger partial charge on any atom is -0.451 e. The summed E-state index contributed by atoms with van der Waals surface area (Å²) in [5, 5.41) is 5.29. The second kappa shape index (κ2) is 6.93. The van der Waals surface area contributed by atoms with Gasteiger partial charge in [-0.2, -0.15) is 0 Å². The van der Waals surface area contributed by atoms with Crippen molar-refractivity contribution >= 4 is 23.7 Å². The lowest BCUT2D eigenvalue weighted by Gasteiger charge is -2.19. The molecule has 0 saturated carbocycles. The van der Waals surface area contributed by atoms with E-state index >= 15 is 0 Å². The van der Waals surface area contributed by atoms with Crippen molar-refractivity contribution in [1.82, 2.24) is 10.6 Å². The Balaban J connectivity index is 1.77. The lowest BCUT2D eigenvalue weighted by atomic mass is 10.0.